The van der Waals surface area contributed by atoms with Crippen molar-refractivity contribution in [1.29, 1.82) is 0 Å². The smallest absolute Gasteiger partial charge is 0.123 e. The van der Waals surface area contributed by atoms with Crippen molar-refractivity contribution >= 4 is 0 Å². The van der Waals surface area contributed by atoms with E-state index in [-0.39, 0.29) is 0 Å². The first kappa shape index (κ1) is 17.2. The molecule has 1 N–H and O–H groups in total. The van der Waals surface area contributed by atoms with Crippen LogP contribution in [0.2, 0.25) is 0 Å². The highest BCUT2D eigenvalue weighted by Gasteiger charge is 2.09. The number of methoxy groups -OCH3 is 1. The number of morpholine rings is 1. The van der Waals surface area contributed by atoms with Crippen LogP contribution in [0.5, 0.6) is 5.75 Å². The van der Waals surface area contributed by atoms with Gasteiger partial charge in [0, 0.05) is 44.8 Å². The minimum Gasteiger partial charge on any atom is -0.496 e. The SMILES string of the molecule is COc1cc(CN(C)C)ccc1CNCCN1CCOCC1. The number of benzene rings is 1. The molecule has 1 heterocycles. The van der Waals surface area contributed by atoms with Crippen molar-refractivity contribution in [2.24, 2.45) is 0 Å². The highest BCUT2D eigenvalue weighted by atomic mass is 16.5. The maximum atomic E-state index is 5.53. The number of ether oxygens (including phenoxy) is 2. The zero-order valence-corrected chi connectivity index (χ0v) is 14.1. The summed E-state index contributed by atoms with van der Waals surface area (Å²) in [6.45, 7) is 7.65. The van der Waals surface area contributed by atoms with Crippen molar-refractivity contribution < 1.29 is 9.47 Å². The van der Waals surface area contributed by atoms with E-state index < -0.39 is 0 Å². The Morgan fingerprint density at radius 2 is 2.05 bits per heavy atom. The predicted molar refractivity (Wildman–Crippen MR) is 89.4 cm³/mol. The molecule has 0 saturated carbocycles. The first-order valence-electron chi connectivity index (χ1n) is 8.00. The van der Waals surface area contributed by atoms with E-state index >= 15 is 0 Å². The summed E-state index contributed by atoms with van der Waals surface area (Å²) in [6.07, 6.45) is 0. The van der Waals surface area contributed by atoms with E-state index in [1.165, 1.54) is 11.1 Å². The van der Waals surface area contributed by atoms with Crippen LogP contribution < -0.4 is 10.1 Å². The molecule has 1 saturated heterocycles. The van der Waals surface area contributed by atoms with E-state index in [9.17, 15) is 0 Å². The van der Waals surface area contributed by atoms with Gasteiger partial charge in [0.2, 0.25) is 0 Å². The summed E-state index contributed by atoms with van der Waals surface area (Å²) in [5, 5.41) is 3.51. The second-order valence-electron chi connectivity index (χ2n) is 6.01. The molecule has 1 aromatic carbocycles. The highest BCUT2D eigenvalue weighted by Crippen LogP contribution is 2.20. The molecule has 0 spiro atoms. The van der Waals surface area contributed by atoms with Gasteiger partial charge in [-0.05, 0) is 25.7 Å². The topological polar surface area (TPSA) is 37.0 Å². The first-order chi connectivity index (χ1) is 10.7. The van der Waals surface area contributed by atoms with Gasteiger partial charge in [-0.2, -0.15) is 0 Å². The van der Waals surface area contributed by atoms with E-state index in [0.717, 1.165) is 58.2 Å². The van der Waals surface area contributed by atoms with Crippen LogP contribution in [0.3, 0.4) is 0 Å². The molecule has 1 aliphatic heterocycles. The molecule has 0 bridgehead atoms. The third-order valence-corrected chi connectivity index (χ3v) is 3.87. The van der Waals surface area contributed by atoms with Crippen LogP contribution in [-0.4, -0.2) is 70.4 Å². The third-order valence-electron chi connectivity index (χ3n) is 3.87. The first-order valence-corrected chi connectivity index (χ1v) is 8.00. The van der Waals surface area contributed by atoms with Crippen LogP contribution >= 0.6 is 0 Å². The van der Waals surface area contributed by atoms with E-state index in [0.29, 0.717) is 0 Å². The summed E-state index contributed by atoms with van der Waals surface area (Å²) in [5.74, 6) is 0.971. The molecule has 5 nitrogen and oxygen atoms in total. The fourth-order valence-corrected chi connectivity index (χ4v) is 2.68. The van der Waals surface area contributed by atoms with Crippen molar-refractivity contribution in [3.8, 4) is 5.75 Å². The Kier molecular flexibility index (Phi) is 7.12. The van der Waals surface area contributed by atoms with Crippen molar-refractivity contribution in [3.05, 3.63) is 29.3 Å². The second kappa shape index (κ2) is 9.10. The van der Waals surface area contributed by atoms with E-state index in [4.69, 9.17) is 9.47 Å². The van der Waals surface area contributed by atoms with Crippen molar-refractivity contribution in [1.82, 2.24) is 15.1 Å². The maximum absolute atomic E-state index is 5.53. The molecule has 0 aliphatic carbocycles. The number of hydrogen-bond donors (Lipinski definition) is 1. The maximum Gasteiger partial charge on any atom is 0.123 e. The van der Waals surface area contributed by atoms with Gasteiger partial charge >= 0.3 is 0 Å². The highest BCUT2D eigenvalue weighted by molar-refractivity contribution is 5.37. The summed E-state index contributed by atoms with van der Waals surface area (Å²) < 4.78 is 10.9. The van der Waals surface area contributed by atoms with Gasteiger partial charge in [0.1, 0.15) is 5.75 Å². The molecule has 1 aromatic rings. The van der Waals surface area contributed by atoms with Gasteiger partial charge < -0.3 is 19.7 Å². The lowest BCUT2D eigenvalue weighted by atomic mass is 10.1. The fraction of sp³-hybridized carbons (Fsp3) is 0.647. The van der Waals surface area contributed by atoms with Gasteiger partial charge in [-0.1, -0.05) is 12.1 Å². The Hall–Kier alpha value is -1.14. The standard InChI is InChI=1S/C17H29N3O2/c1-19(2)14-15-4-5-16(17(12-15)21-3)13-18-6-7-20-8-10-22-11-9-20/h4-5,12,18H,6-11,13-14H2,1-3H3. The lowest BCUT2D eigenvalue weighted by Crippen LogP contribution is -2.40. The normalized spacial score (nSPS) is 16.2. The largest absolute Gasteiger partial charge is 0.496 e. The minimum atomic E-state index is 0.843. The average Bonchev–Trinajstić information content (AvgIpc) is 2.53. The van der Waals surface area contributed by atoms with E-state index in [2.05, 4.69) is 47.4 Å². The van der Waals surface area contributed by atoms with Crippen LogP contribution in [-0.2, 0) is 17.8 Å². The van der Waals surface area contributed by atoms with Gasteiger partial charge in [-0.15, -0.1) is 0 Å². The molecule has 1 fully saturated rings. The van der Waals surface area contributed by atoms with Crippen LogP contribution in [0, 0.1) is 0 Å². The molecule has 0 atom stereocenters. The van der Waals surface area contributed by atoms with E-state index in [1.807, 2.05) is 0 Å². The van der Waals surface area contributed by atoms with Crippen molar-refractivity contribution in [2.75, 3.05) is 60.6 Å². The summed E-state index contributed by atoms with van der Waals surface area (Å²) in [7, 11) is 5.90. The molecule has 0 amide bonds. The molecule has 124 valence electrons. The molecule has 0 aromatic heterocycles. The van der Waals surface area contributed by atoms with Crippen molar-refractivity contribution in [3.63, 3.8) is 0 Å². The molecule has 5 heteroatoms. The Balaban J connectivity index is 1.78. The molecule has 0 radical (unpaired) electrons. The molecule has 0 unspecified atom stereocenters. The Morgan fingerprint density at radius 3 is 2.73 bits per heavy atom. The molecular formula is C17H29N3O2. The fourth-order valence-electron chi connectivity index (χ4n) is 2.68. The van der Waals surface area contributed by atoms with Crippen LogP contribution in [0.4, 0.5) is 0 Å². The number of rotatable bonds is 8. The van der Waals surface area contributed by atoms with Crippen LogP contribution in [0.15, 0.2) is 18.2 Å². The molecule has 1 aliphatic rings. The van der Waals surface area contributed by atoms with Gasteiger partial charge in [0.25, 0.3) is 0 Å². The van der Waals surface area contributed by atoms with Gasteiger partial charge in [0.15, 0.2) is 0 Å². The summed E-state index contributed by atoms with van der Waals surface area (Å²) in [6, 6.07) is 6.49. The van der Waals surface area contributed by atoms with Gasteiger partial charge in [0.05, 0.1) is 20.3 Å². The van der Waals surface area contributed by atoms with Gasteiger partial charge in [-0.25, -0.2) is 0 Å². The average molecular weight is 307 g/mol. The second-order valence-corrected chi connectivity index (χ2v) is 6.01. The monoisotopic (exact) mass is 307 g/mol. The quantitative estimate of drug-likeness (QED) is 0.730. The lowest BCUT2D eigenvalue weighted by molar-refractivity contribution is 0.0384. The van der Waals surface area contributed by atoms with Crippen molar-refractivity contribution in [2.45, 2.75) is 13.1 Å². The summed E-state index contributed by atoms with van der Waals surface area (Å²) >= 11 is 0. The molecule has 22 heavy (non-hydrogen) atoms. The predicted octanol–water partition coefficient (Wildman–Crippen LogP) is 1.18. The van der Waals surface area contributed by atoms with Crippen LogP contribution in [0.25, 0.3) is 0 Å². The molecule has 2 rings (SSSR count). The van der Waals surface area contributed by atoms with Gasteiger partial charge in [-0.3, -0.25) is 4.90 Å². The Bertz CT molecular complexity index is 446. The number of nitrogens with zero attached hydrogens (tertiary/aromatic N) is 2. The summed E-state index contributed by atoms with van der Waals surface area (Å²) in [4.78, 5) is 4.60. The zero-order chi connectivity index (χ0) is 15.8. The Labute approximate surface area is 134 Å². The minimum absolute atomic E-state index is 0.843. The lowest BCUT2D eigenvalue weighted by Gasteiger charge is -2.26. The third kappa shape index (κ3) is 5.57. The summed E-state index contributed by atoms with van der Waals surface area (Å²) in [5.41, 5.74) is 2.49. The van der Waals surface area contributed by atoms with E-state index in [1.54, 1.807) is 7.11 Å². The zero-order valence-electron chi connectivity index (χ0n) is 14.1. The number of nitrogens with one attached hydrogen (secondary N) is 1. The van der Waals surface area contributed by atoms with Crippen LogP contribution in [0.1, 0.15) is 11.1 Å². The Morgan fingerprint density at radius 1 is 1.27 bits per heavy atom. The molecular weight excluding hydrogens is 278 g/mol. The number of hydrogen-bond acceptors (Lipinski definition) is 5.